The molecular weight excluding hydrogens is 276 g/mol. The summed E-state index contributed by atoms with van der Waals surface area (Å²) in [4.78, 5) is 35.5. The summed E-state index contributed by atoms with van der Waals surface area (Å²) in [5.74, 6) is -0.276. The van der Waals surface area contributed by atoms with Gasteiger partial charge in [0.15, 0.2) is 0 Å². The van der Waals surface area contributed by atoms with Gasteiger partial charge in [-0.25, -0.2) is 0 Å². The van der Waals surface area contributed by atoms with Gasteiger partial charge in [0.2, 0.25) is 11.8 Å². The monoisotopic (exact) mass is 290 g/mol. The molecule has 0 bridgehead atoms. The van der Waals surface area contributed by atoms with Gasteiger partial charge in [0.05, 0.1) is 11.3 Å². The third-order valence-corrected chi connectivity index (χ3v) is 3.80. The highest BCUT2D eigenvalue weighted by atomic mass is 16.6. The number of benzene rings is 1. The van der Waals surface area contributed by atoms with Crippen LogP contribution in [0.5, 0.6) is 0 Å². The highest BCUT2D eigenvalue weighted by Gasteiger charge is 2.32. The van der Waals surface area contributed by atoms with Crippen molar-refractivity contribution in [2.75, 3.05) is 24.2 Å². The number of hydrogen-bond donors (Lipinski definition) is 2. The Bertz CT molecular complexity index is 658. The van der Waals surface area contributed by atoms with Gasteiger partial charge in [0.25, 0.3) is 5.69 Å². The molecule has 1 atom stereocenters. The fourth-order valence-electron chi connectivity index (χ4n) is 2.67. The van der Waals surface area contributed by atoms with Gasteiger partial charge in [0.1, 0.15) is 11.7 Å². The predicted octanol–water partition coefficient (Wildman–Crippen LogP) is 0.732. The van der Waals surface area contributed by atoms with Crippen LogP contribution in [0, 0.1) is 10.1 Å². The van der Waals surface area contributed by atoms with E-state index >= 15 is 0 Å². The molecule has 0 aliphatic carbocycles. The number of rotatable bonds is 3. The summed E-state index contributed by atoms with van der Waals surface area (Å²) in [6.45, 7) is 0.617. The topological polar surface area (TPSA) is 105 Å². The van der Waals surface area contributed by atoms with Crippen LogP contribution in [0.15, 0.2) is 12.1 Å². The maximum atomic E-state index is 11.9. The summed E-state index contributed by atoms with van der Waals surface area (Å²) in [5, 5.41) is 16.8. The lowest BCUT2D eigenvalue weighted by Gasteiger charge is -2.14. The molecule has 0 aromatic heterocycles. The minimum absolute atomic E-state index is 0.0890. The lowest BCUT2D eigenvalue weighted by molar-refractivity contribution is -0.384. The molecule has 21 heavy (non-hydrogen) atoms. The fourth-order valence-corrected chi connectivity index (χ4v) is 2.67. The number of nitro groups is 1. The number of hydrogen-bond acceptors (Lipinski definition) is 5. The minimum atomic E-state index is -0.505. The van der Waals surface area contributed by atoms with Crippen LogP contribution in [0.1, 0.15) is 12.0 Å². The molecule has 2 heterocycles. The van der Waals surface area contributed by atoms with Gasteiger partial charge in [-0.15, -0.1) is 0 Å². The van der Waals surface area contributed by atoms with Crippen molar-refractivity contribution in [3.05, 3.63) is 27.8 Å². The van der Waals surface area contributed by atoms with E-state index in [0.717, 1.165) is 0 Å². The second-order valence-corrected chi connectivity index (χ2v) is 5.25. The average Bonchev–Trinajstić information content (AvgIpc) is 2.93. The molecule has 0 spiro atoms. The van der Waals surface area contributed by atoms with Crippen LogP contribution >= 0.6 is 0 Å². The van der Waals surface area contributed by atoms with E-state index in [1.54, 1.807) is 11.9 Å². The van der Waals surface area contributed by atoms with Crippen molar-refractivity contribution in [3.8, 4) is 0 Å². The van der Waals surface area contributed by atoms with Crippen molar-refractivity contribution in [3.63, 3.8) is 0 Å². The van der Waals surface area contributed by atoms with Crippen LogP contribution in [0.4, 0.5) is 17.1 Å². The first-order valence-corrected chi connectivity index (χ1v) is 6.58. The lowest BCUT2D eigenvalue weighted by atomic mass is 10.1. The van der Waals surface area contributed by atoms with Crippen molar-refractivity contribution in [1.82, 2.24) is 4.90 Å². The standard InChI is InChI=1S/C13H14N4O4/c1-16-3-2-8(13(16)19)14-10-6-9-7(5-12(18)15-9)4-11(10)17(20)21/h4,6,8,14H,2-3,5H2,1H3,(H,15,18). The van der Waals surface area contributed by atoms with E-state index in [-0.39, 0.29) is 29.6 Å². The maximum Gasteiger partial charge on any atom is 0.292 e. The van der Waals surface area contributed by atoms with E-state index in [9.17, 15) is 19.7 Å². The van der Waals surface area contributed by atoms with E-state index in [4.69, 9.17) is 0 Å². The zero-order valence-electron chi connectivity index (χ0n) is 11.4. The largest absolute Gasteiger partial charge is 0.368 e. The van der Waals surface area contributed by atoms with Gasteiger partial charge < -0.3 is 15.5 Å². The van der Waals surface area contributed by atoms with Gasteiger partial charge in [-0.2, -0.15) is 0 Å². The van der Waals surface area contributed by atoms with Crippen LogP contribution in [0.3, 0.4) is 0 Å². The lowest BCUT2D eigenvalue weighted by Crippen LogP contribution is -2.31. The number of amides is 2. The third-order valence-electron chi connectivity index (χ3n) is 3.80. The molecule has 2 amide bonds. The summed E-state index contributed by atoms with van der Waals surface area (Å²) < 4.78 is 0. The summed E-state index contributed by atoms with van der Waals surface area (Å²) in [6, 6.07) is 2.45. The second-order valence-electron chi connectivity index (χ2n) is 5.25. The van der Waals surface area contributed by atoms with Crippen molar-refractivity contribution in [1.29, 1.82) is 0 Å². The molecule has 2 aliphatic heterocycles. The molecule has 2 aliphatic rings. The summed E-state index contributed by atoms with van der Waals surface area (Å²) in [5.41, 5.74) is 1.31. The number of carbonyl (C=O) groups is 2. The zero-order valence-corrected chi connectivity index (χ0v) is 11.4. The van der Waals surface area contributed by atoms with Crippen LogP contribution in [0.2, 0.25) is 0 Å². The van der Waals surface area contributed by atoms with E-state index < -0.39 is 11.0 Å². The smallest absolute Gasteiger partial charge is 0.292 e. The maximum absolute atomic E-state index is 11.9. The molecule has 1 unspecified atom stereocenters. The molecule has 110 valence electrons. The van der Waals surface area contributed by atoms with Gasteiger partial charge in [-0.3, -0.25) is 19.7 Å². The Morgan fingerprint density at radius 2 is 2.19 bits per heavy atom. The van der Waals surface area contributed by atoms with Crippen molar-refractivity contribution in [2.24, 2.45) is 0 Å². The molecule has 3 rings (SSSR count). The van der Waals surface area contributed by atoms with Gasteiger partial charge in [0, 0.05) is 25.3 Å². The molecule has 0 saturated carbocycles. The van der Waals surface area contributed by atoms with Crippen LogP contribution in [0.25, 0.3) is 0 Å². The number of nitrogens with zero attached hydrogens (tertiary/aromatic N) is 2. The fraction of sp³-hybridized carbons (Fsp3) is 0.385. The first-order chi connectivity index (χ1) is 9.95. The van der Waals surface area contributed by atoms with Crippen molar-refractivity contribution in [2.45, 2.75) is 18.9 Å². The number of likely N-dealkylation sites (tertiary alicyclic amines) is 1. The van der Waals surface area contributed by atoms with Crippen LogP contribution < -0.4 is 10.6 Å². The molecule has 2 N–H and O–H groups in total. The highest BCUT2D eigenvalue weighted by molar-refractivity contribution is 6.00. The van der Waals surface area contributed by atoms with E-state index in [1.165, 1.54) is 12.1 Å². The Hall–Kier alpha value is -2.64. The third kappa shape index (κ3) is 2.28. The van der Waals surface area contributed by atoms with E-state index in [0.29, 0.717) is 24.2 Å². The minimum Gasteiger partial charge on any atom is -0.368 e. The number of carbonyl (C=O) groups excluding carboxylic acids is 2. The normalized spacial score (nSPS) is 20.4. The molecule has 1 aromatic carbocycles. The Kier molecular flexibility index (Phi) is 3.00. The van der Waals surface area contributed by atoms with Crippen LogP contribution in [-0.4, -0.2) is 41.3 Å². The molecule has 8 nitrogen and oxygen atoms in total. The molecule has 1 fully saturated rings. The molecule has 8 heteroatoms. The zero-order chi connectivity index (χ0) is 15.1. The first kappa shape index (κ1) is 13.3. The molecule has 1 aromatic rings. The van der Waals surface area contributed by atoms with Gasteiger partial charge in [-0.05, 0) is 18.1 Å². The quantitative estimate of drug-likeness (QED) is 0.631. The van der Waals surface area contributed by atoms with Crippen LogP contribution in [-0.2, 0) is 16.0 Å². The summed E-state index contributed by atoms with van der Waals surface area (Å²) in [6.07, 6.45) is 0.734. The second kappa shape index (κ2) is 4.72. The molecule has 1 saturated heterocycles. The Morgan fingerprint density at radius 3 is 2.81 bits per heavy atom. The first-order valence-electron chi connectivity index (χ1n) is 6.58. The van der Waals surface area contributed by atoms with E-state index in [1.807, 2.05) is 0 Å². The predicted molar refractivity (Wildman–Crippen MR) is 75.1 cm³/mol. The molecular formula is C13H14N4O4. The highest BCUT2D eigenvalue weighted by Crippen LogP contribution is 2.35. The van der Waals surface area contributed by atoms with E-state index in [2.05, 4.69) is 10.6 Å². The van der Waals surface area contributed by atoms with Gasteiger partial charge in [-0.1, -0.05) is 0 Å². The van der Waals surface area contributed by atoms with Gasteiger partial charge >= 0.3 is 0 Å². The number of fused-ring (bicyclic) bond motifs is 1. The summed E-state index contributed by atoms with van der Waals surface area (Å²) >= 11 is 0. The SMILES string of the molecule is CN1CCC(Nc2cc3c(cc2[N+](=O)[O-])CC(=O)N3)C1=O. The van der Waals surface area contributed by atoms with Crippen molar-refractivity contribution >= 4 is 28.9 Å². The number of anilines is 2. The Balaban J connectivity index is 1.94. The Labute approximate surface area is 120 Å². The molecule has 0 radical (unpaired) electrons. The number of likely N-dealkylation sites (N-methyl/N-ethyl adjacent to an activating group) is 1. The number of nitrogens with one attached hydrogen (secondary N) is 2. The Morgan fingerprint density at radius 1 is 1.43 bits per heavy atom. The van der Waals surface area contributed by atoms with Crippen molar-refractivity contribution < 1.29 is 14.5 Å². The number of nitro benzene ring substituents is 1. The summed E-state index contributed by atoms with van der Waals surface area (Å²) in [7, 11) is 1.70. The average molecular weight is 290 g/mol.